The molecule has 0 aliphatic carbocycles. The summed E-state index contributed by atoms with van der Waals surface area (Å²) in [5.41, 5.74) is 0. The molecular formula is C8H14O3. The lowest BCUT2D eigenvalue weighted by Crippen LogP contribution is -2.45. The van der Waals surface area contributed by atoms with E-state index in [1.165, 1.54) is 0 Å². The van der Waals surface area contributed by atoms with E-state index in [0.29, 0.717) is 0 Å². The lowest BCUT2D eigenvalue weighted by atomic mass is 9.87. The predicted octanol–water partition coefficient (Wildman–Crippen LogP) is 0.565. The summed E-state index contributed by atoms with van der Waals surface area (Å²) in [6.07, 6.45) is -0.708. The molecule has 64 valence electrons. The van der Waals surface area contributed by atoms with E-state index in [0.717, 1.165) is 0 Å². The van der Waals surface area contributed by atoms with Gasteiger partial charge in [0.25, 0.3) is 0 Å². The van der Waals surface area contributed by atoms with Crippen molar-refractivity contribution < 1.29 is 14.6 Å². The van der Waals surface area contributed by atoms with Gasteiger partial charge < -0.3 is 9.84 Å². The van der Waals surface area contributed by atoms with E-state index in [4.69, 9.17) is 4.74 Å². The molecule has 0 unspecified atom stereocenters. The Kier molecular flexibility index (Phi) is 2.18. The summed E-state index contributed by atoms with van der Waals surface area (Å²) < 4.78 is 4.98. The number of carbonyl (C=O) groups is 1. The minimum atomic E-state index is -0.550. The Labute approximate surface area is 66.4 Å². The Balaban J connectivity index is 2.70. The summed E-state index contributed by atoms with van der Waals surface area (Å²) in [4.78, 5) is 11.0. The van der Waals surface area contributed by atoms with E-state index in [1.807, 2.05) is 6.92 Å². The Morgan fingerprint density at radius 3 is 2.45 bits per heavy atom. The van der Waals surface area contributed by atoms with Gasteiger partial charge in [0.15, 0.2) is 0 Å². The van der Waals surface area contributed by atoms with Crippen molar-refractivity contribution in [3.63, 3.8) is 0 Å². The molecule has 11 heavy (non-hydrogen) atoms. The first-order chi connectivity index (χ1) is 5.04. The van der Waals surface area contributed by atoms with Gasteiger partial charge in [0.2, 0.25) is 0 Å². The van der Waals surface area contributed by atoms with Crippen molar-refractivity contribution in [2.75, 3.05) is 0 Å². The number of rotatable bonds is 0. The Morgan fingerprint density at radius 2 is 1.91 bits per heavy atom. The van der Waals surface area contributed by atoms with E-state index in [2.05, 4.69) is 0 Å². The number of aliphatic hydroxyl groups excluding tert-OH is 1. The fourth-order valence-corrected chi connectivity index (χ4v) is 1.27. The third kappa shape index (κ3) is 1.38. The number of hydrogen-bond donors (Lipinski definition) is 1. The van der Waals surface area contributed by atoms with Gasteiger partial charge in [0.1, 0.15) is 6.10 Å². The fraction of sp³-hybridized carbons (Fsp3) is 0.875. The normalized spacial score (nSPS) is 45.3. The third-order valence-corrected chi connectivity index (χ3v) is 2.47. The van der Waals surface area contributed by atoms with E-state index in [9.17, 15) is 9.90 Å². The zero-order valence-corrected chi connectivity index (χ0v) is 7.07. The fourth-order valence-electron chi connectivity index (χ4n) is 1.27. The van der Waals surface area contributed by atoms with Crippen molar-refractivity contribution >= 4 is 5.97 Å². The van der Waals surface area contributed by atoms with Crippen molar-refractivity contribution in [1.82, 2.24) is 0 Å². The molecule has 1 fully saturated rings. The summed E-state index contributed by atoms with van der Waals surface area (Å²) in [6, 6.07) is 0. The predicted molar refractivity (Wildman–Crippen MR) is 39.9 cm³/mol. The van der Waals surface area contributed by atoms with Crippen LogP contribution in [0.3, 0.4) is 0 Å². The first-order valence-corrected chi connectivity index (χ1v) is 3.92. The van der Waals surface area contributed by atoms with Crippen LogP contribution in [0.25, 0.3) is 0 Å². The Morgan fingerprint density at radius 1 is 1.36 bits per heavy atom. The van der Waals surface area contributed by atoms with E-state index in [1.54, 1.807) is 13.8 Å². The average molecular weight is 158 g/mol. The van der Waals surface area contributed by atoms with Crippen molar-refractivity contribution in [3.05, 3.63) is 0 Å². The first-order valence-electron chi connectivity index (χ1n) is 3.92. The van der Waals surface area contributed by atoms with Crippen LogP contribution < -0.4 is 0 Å². The monoisotopic (exact) mass is 158 g/mol. The number of hydrogen-bond acceptors (Lipinski definition) is 3. The van der Waals surface area contributed by atoms with Crippen LogP contribution in [0.2, 0.25) is 0 Å². The van der Waals surface area contributed by atoms with Gasteiger partial charge in [0.05, 0.1) is 12.0 Å². The molecule has 1 aliphatic rings. The highest BCUT2D eigenvalue weighted by molar-refractivity contribution is 5.73. The molecule has 0 radical (unpaired) electrons. The highest BCUT2D eigenvalue weighted by Gasteiger charge is 2.37. The molecular weight excluding hydrogens is 144 g/mol. The second-order valence-corrected chi connectivity index (χ2v) is 3.28. The maximum Gasteiger partial charge on any atom is 0.311 e. The highest BCUT2D eigenvalue weighted by Crippen LogP contribution is 2.25. The van der Waals surface area contributed by atoms with Crippen LogP contribution in [0.1, 0.15) is 20.8 Å². The molecule has 3 heteroatoms. The summed E-state index contributed by atoms with van der Waals surface area (Å²) in [5, 5.41) is 9.49. The number of cyclic esters (lactones) is 1. The van der Waals surface area contributed by atoms with E-state index < -0.39 is 6.10 Å². The van der Waals surface area contributed by atoms with Crippen molar-refractivity contribution in [2.45, 2.75) is 33.0 Å². The van der Waals surface area contributed by atoms with Crippen LogP contribution in [0, 0.1) is 11.8 Å². The van der Waals surface area contributed by atoms with Crippen molar-refractivity contribution in [2.24, 2.45) is 11.8 Å². The van der Waals surface area contributed by atoms with Crippen LogP contribution in [0.4, 0.5) is 0 Å². The summed E-state index contributed by atoms with van der Waals surface area (Å²) in [7, 11) is 0. The first kappa shape index (κ1) is 8.53. The van der Waals surface area contributed by atoms with Crippen molar-refractivity contribution in [3.8, 4) is 0 Å². The van der Waals surface area contributed by atoms with Gasteiger partial charge in [-0.2, -0.15) is 0 Å². The second-order valence-electron chi connectivity index (χ2n) is 3.28. The van der Waals surface area contributed by atoms with Crippen LogP contribution in [-0.4, -0.2) is 23.3 Å². The lowest BCUT2D eigenvalue weighted by Gasteiger charge is -2.34. The van der Waals surface area contributed by atoms with Gasteiger partial charge in [-0.15, -0.1) is 0 Å². The number of esters is 1. The molecule has 0 amide bonds. The average Bonchev–Trinajstić information content (AvgIpc) is 1.97. The second kappa shape index (κ2) is 2.81. The number of ether oxygens (including phenoxy) is 1. The van der Waals surface area contributed by atoms with Crippen LogP contribution in [0.5, 0.6) is 0 Å². The SMILES string of the molecule is C[C@@H]1[C@@H](O)[C@@H](C)C(=O)O[C@@H]1C. The lowest BCUT2D eigenvalue weighted by molar-refractivity contribution is -0.175. The zero-order valence-electron chi connectivity index (χ0n) is 7.07. The standard InChI is InChI=1S/C8H14O3/c1-4-6(3)11-8(10)5(2)7(4)9/h4-7,9H,1-3H3/t4-,5+,6+,7+/m0/s1. The molecule has 1 rings (SSSR count). The molecule has 1 saturated heterocycles. The van der Waals surface area contributed by atoms with Gasteiger partial charge in [0, 0.05) is 5.92 Å². The molecule has 0 aromatic rings. The molecule has 0 spiro atoms. The molecule has 1 heterocycles. The quantitative estimate of drug-likeness (QED) is 0.524. The molecule has 0 aromatic heterocycles. The van der Waals surface area contributed by atoms with Gasteiger partial charge in [-0.3, -0.25) is 4.79 Å². The minimum Gasteiger partial charge on any atom is -0.462 e. The number of carbonyl (C=O) groups excluding carboxylic acids is 1. The van der Waals surface area contributed by atoms with Crippen LogP contribution in [-0.2, 0) is 9.53 Å². The molecule has 0 bridgehead atoms. The molecule has 0 aromatic carbocycles. The number of aliphatic hydroxyl groups is 1. The topological polar surface area (TPSA) is 46.5 Å². The Bertz CT molecular complexity index is 167. The summed E-state index contributed by atoms with van der Waals surface area (Å²) in [5.74, 6) is -0.619. The molecule has 1 N–H and O–H groups in total. The molecule has 4 atom stereocenters. The Hall–Kier alpha value is -0.570. The van der Waals surface area contributed by atoms with Gasteiger partial charge in [-0.1, -0.05) is 6.92 Å². The van der Waals surface area contributed by atoms with Gasteiger partial charge in [-0.05, 0) is 13.8 Å². The van der Waals surface area contributed by atoms with E-state index >= 15 is 0 Å². The molecule has 1 aliphatic heterocycles. The summed E-state index contributed by atoms with van der Waals surface area (Å²) >= 11 is 0. The van der Waals surface area contributed by atoms with Crippen LogP contribution >= 0.6 is 0 Å². The van der Waals surface area contributed by atoms with Gasteiger partial charge in [-0.25, -0.2) is 0 Å². The maximum atomic E-state index is 11.0. The summed E-state index contributed by atoms with van der Waals surface area (Å²) in [6.45, 7) is 5.38. The largest absolute Gasteiger partial charge is 0.462 e. The van der Waals surface area contributed by atoms with Crippen LogP contribution in [0.15, 0.2) is 0 Å². The third-order valence-electron chi connectivity index (χ3n) is 2.47. The van der Waals surface area contributed by atoms with E-state index in [-0.39, 0.29) is 23.9 Å². The zero-order chi connectivity index (χ0) is 8.59. The van der Waals surface area contributed by atoms with Crippen molar-refractivity contribution in [1.29, 1.82) is 0 Å². The maximum absolute atomic E-state index is 11.0. The smallest absolute Gasteiger partial charge is 0.311 e. The molecule has 3 nitrogen and oxygen atoms in total. The minimum absolute atomic E-state index is 0.0442. The van der Waals surface area contributed by atoms with Gasteiger partial charge >= 0.3 is 5.97 Å². The highest BCUT2D eigenvalue weighted by atomic mass is 16.5. The molecule has 0 saturated carbocycles.